The molecule has 4 heteroatoms. The molecule has 92 valence electrons. The lowest BCUT2D eigenvalue weighted by Crippen LogP contribution is -2.13. The first-order valence-electron chi connectivity index (χ1n) is 5.18. The van der Waals surface area contributed by atoms with Gasteiger partial charge in [-0.2, -0.15) is 0 Å². The van der Waals surface area contributed by atoms with Gasteiger partial charge in [-0.3, -0.25) is 0 Å². The van der Waals surface area contributed by atoms with Crippen molar-refractivity contribution in [1.82, 2.24) is 0 Å². The minimum atomic E-state index is -0.428. The number of ether oxygens (including phenoxy) is 3. The Labute approximate surface area is 101 Å². The first-order chi connectivity index (χ1) is 8.21. The monoisotopic (exact) mass is 236 g/mol. The fourth-order valence-electron chi connectivity index (χ4n) is 1.32. The van der Waals surface area contributed by atoms with Crippen molar-refractivity contribution < 1.29 is 19.0 Å². The molecule has 1 aromatic carbocycles. The van der Waals surface area contributed by atoms with E-state index in [-0.39, 0.29) is 6.61 Å². The van der Waals surface area contributed by atoms with E-state index in [1.54, 1.807) is 13.2 Å². The Morgan fingerprint density at radius 2 is 2.12 bits per heavy atom. The maximum Gasteiger partial charge on any atom is 0.343 e. The Balaban J connectivity index is 2.77. The van der Waals surface area contributed by atoms with E-state index in [9.17, 15) is 4.79 Å². The molecule has 0 radical (unpaired) electrons. The number of esters is 1. The molecule has 1 aromatic rings. The SMILES string of the molecule is C=CCc1ccc(OCC(=O)OC)c(OC)c1. The summed E-state index contributed by atoms with van der Waals surface area (Å²) in [6.45, 7) is 3.54. The highest BCUT2D eigenvalue weighted by Gasteiger charge is 2.08. The second-order valence-corrected chi connectivity index (χ2v) is 3.34. The molecule has 0 bridgehead atoms. The van der Waals surface area contributed by atoms with Crippen LogP contribution in [0.3, 0.4) is 0 Å². The van der Waals surface area contributed by atoms with Crippen LogP contribution in [0.2, 0.25) is 0 Å². The van der Waals surface area contributed by atoms with E-state index in [0.29, 0.717) is 11.5 Å². The lowest BCUT2D eigenvalue weighted by molar-refractivity contribution is -0.142. The molecule has 0 heterocycles. The third-order valence-electron chi connectivity index (χ3n) is 2.18. The Morgan fingerprint density at radius 1 is 1.35 bits per heavy atom. The van der Waals surface area contributed by atoms with E-state index in [0.717, 1.165) is 12.0 Å². The summed E-state index contributed by atoms with van der Waals surface area (Å²) in [4.78, 5) is 11.0. The van der Waals surface area contributed by atoms with Crippen molar-refractivity contribution in [2.24, 2.45) is 0 Å². The van der Waals surface area contributed by atoms with Crippen molar-refractivity contribution in [2.45, 2.75) is 6.42 Å². The zero-order valence-corrected chi connectivity index (χ0v) is 10.1. The summed E-state index contributed by atoms with van der Waals surface area (Å²) in [6.07, 6.45) is 2.57. The Bertz CT molecular complexity index is 398. The standard InChI is InChI=1S/C13H16O4/c1-4-5-10-6-7-11(12(8-10)15-2)17-9-13(14)16-3/h4,6-8H,1,5,9H2,2-3H3. The second-order valence-electron chi connectivity index (χ2n) is 3.34. The van der Waals surface area contributed by atoms with Crippen LogP contribution < -0.4 is 9.47 Å². The smallest absolute Gasteiger partial charge is 0.343 e. The van der Waals surface area contributed by atoms with Crippen molar-refractivity contribution >= 4 is 5.97 Å². The summed E-state index contributed by atoms with van der Waals surface area (Å²) in [7, 11) is 2.87. The molecule has 4 nitrogen and oxygen atoms in total. The lowest BCUT2D eigenvalue weighted by Gasteiger charge is -2.10. The molecular weight excluding hydrogens is 220 g/mol. The third kappa shape index (κ3) is 3.83. The van der Waals surface area contributed by atoms with Crippen molar-refractivity contribution in [3.05, 3.63) is 36.4 Å². The Hall–Kier alpha value is -1.97. The van der Waals surface area contributed by atoms with Crippen LogP contribution in [0, 0.1) is 0 Å². The summed E-state index contributed by atoms with van der Waals surface area (Å²) in [5.74, 6) is 0.682. The molecule has 0 aliphatic rings. The van der Waals surface area contributed by atoms with Gasteiger partial charge in [0.1, 0.15) is 0 Å². The van der Waals surface area contributed by atoms with Gasteiger partial charge in [0.25, 0.3) is 0 Å². The topological polar surface area (TPSA) is 44.8 Å². The molecule has 0 spiro atoms. The van der Waals surface area contributed by atoms with Crippen LogP contribution in [0.1, 0.15) is 5.56 Å². The minimum absolute atomic E-state index is 0.131. The van der Waals surface area contributed by atoms with E-state index in [2.05, 4.69) is 11.3 Å². The fraction of sp³-hybridized carbons (Fsp3) is 0.308. The number of benzene rings is 1. The molecule has 0 atom stereocenters. The number of hydrogen-bond acceptors (Lipinski definition) is 4. The number of methoxy groups -OCH3 is 2. The summed E-state index contributed by atoms with van der Waals surface area (Å²) in [6, 6.07) is 5.52. The summed E-state index contributed by atoms with van der Waals surface area (Å²) < 4.78 is 15.0. The zero-order chi connectivity index (χ0) is 12.7. The molecule has 0 amide bonds. The average molecular weight is 236 g/mol. The summed E-state index contributed by atoms with van der Waals surface area (Å²) in [5, 5.41) is 0. The first-order valence-corrected chi connectivity index (χ1v) is 5.18. The molecule has 1 rings (SSSR count). The van der Waals surface area contributed by atoms with Gasteiger partial charge in [0, 0.05) is 0 Å². The summed E-state index contributed by atoms with van der Waals surface area (Å²) >= 11 is 0. The molecule has 0 fully saturated rings. The maximum atomic E-state index is 11.0. The van der Waals surface area contributed by atoms with E-state index < -0.39 is 5.97 Å². The van der Waals surface area contributed by atoms with Gasteiger partial charge in [-0.1, -0.05) is 12.1 Å². The largest absolute Gasteiger partial charge is 0.493 e. The molecule has 17 heavy (non-hydrogen) atoms. The quantitative estimate of drug-likeness (QED) is 0.559. The highest BCUT2D eigenvalue weighted by atomic mass is 16.6. The zero-order valence-electron chi connectivity index (χ0n) is 10.1. The molecule has 0 N–H and O–H groups in total. The van der Waals surface area contributed by atoms with Crippen LogP contribution in [0.25, 0.3) is 0 Å². The van der Waals surface area contributed by atoms with E-state index in [1.807, 2.05) is 18.2 Å². The minimum Gasteiger partial charge on any atom is -0.493 e. The van der Waals surface area contributed by atoms with E-state index in [1.165, 1.54) is 7.11 Å². The van der Waals surface area contributed by atoms with Crippen LogP contribution in [-0.4, -0.2) is 26.8 Å². The van der Waals surface area contributed by atoms with Gasteiger partial charge < -0.3 is 14.2 Å². The van der Waals surface area contributed by atoms with Gasteiger partial charge in [0.15, 0.2) is 18.1 Å². The van der Waals surface area contributed by atoms with Crippen LogP contribution >= 0.6 is 0 Å². The number of allylic oxidation sites excluding steroid dienone is 1. The predicted molar refractivity (Wildman–Crippen MR) is 64.4 cm³/mol. The van der Waals surface area contributed by atoms with Crippen LogP contribution in [0.5, 0.6) is 11.5 Å². The normalized spacial score (nSPS) is 9.53. The van der Waals surface area contributed by atoms with Crippen molar-refractivity contribution in [2.75, 3.05) is 20.8 Å². The fourth-order valence-corrected chi connectivity index (χ4v) is 1.32. The first kappa shape index (κ1) is 13.1. The number of rotatable bonds is 6. The molecule has 0 saturated carbocycles. The van der Waals surface area contributed by atoms with Crippen LogP contribution in [0.4, 0.5) is 0 Å². The maximum absolute atomic E-state index is 11.0. The highest BCUT2D eigenvalue weighted by Crippen LogP contribution is 2.28. The molecule has 0 saturated heterocycles. The molecule has 0 aliphatic heterocycles. The number of carbonyl (C=O) groups excluding carboxylic acids is 1. The predicted octanol–water partition coefficient (Wildman–Crippen LogP) is 1.98. The van der Waals surface area contributed by atoms with E-state index >= 15 is 0 Å². The van der Waals surface area contributed by atoms with Gasteiger partial charge >= 0.3 is 5.97 Å². The van der Waals surface area contributed by atoms with E-state index in [4.69, 9.17) is 9.47 Å². The molecule has 0 unspecified atom stereocenters. The highest BCUT2D eigenvalue weighted by molar-refractivity contribution is 5.71. The van der Waals surface area contributed by atoms with Gasteiger partial charge in [-0.05, 0) is 24.1 Å². The second kappa shape index (κ2) is 6.58. The number of hydrogen-bond donors (Lipinski definition) is 0. The van der Waals surface area contributed by atoms with Crippen molar-refractivity contribution in [3.63, 3.8) is 0 Å². The number of carbonyl (C=O) groups is 1. The van der Waals surface area contributed by atoms with Gasteiger partial charge in [0.2, 0.25) is 0 Å². The van der Waals surface area contributed by atoms with Gasteiger partial charge in [-0.15, -0.1) is 6.58 Å². The van der Waals surface area contributed by atoms with Gasteiger partial charge in [0.05, 0.1) is 14.2 Å². The molecule has 0 aromatic heterocycles. The molecule has 0 aliphatic carbocycles. The van der Waals surface area contributed by atoms with Crippen molar-refractivity contribution in [1.29, 1.82) is 0 Å². The van der Waals surface area contributed by atoms with Crippen LogP contribution in [-0.2, 0) is 16.0 Å². The molecular formula is C13H16O4. The van der Waals surface area contributed by atoms with Crippen LogP contribution in [0.15, 0.2) is 30.9 Å². The Morgan fingerprint density at radius 3 is 2.71 bits per heavy atom. The average Bonchev–Trinajstić information content (AvgIpc) is 2.36. The van der Waals surface area contributed by atoms with Gasteiger partial charge in [-0.25, -0.2) is 4.79 Å². The van der Waals surface area contributed by atoms with Crippen molar-refractivity contribution in [3.8, 4) is 11.5 Å². The lowest BCUT2D eigenvalue weighted by atomic mass is 10.1. The summed E-state index contributed by atoms with van der Waals surface area (Å²) in [5.41, 5.74) is 1.07. The Kier molecular flexibility index (Phi) is 5.07. The third-order valence-corrected chi connectivity index (χ3v) is 2.18.